The Morgan fingerprint density at radius 3 is 2.58 bits per heavy atom. The maximum atomic E-state index is 11.8. The Hall–Kier alpha value is -2.34. The molecule has 0 radical (unpaired) electrons. The summed E-state index contributed by atoms with van der Waals surface area (Å²) in [6, 6.07) is 9.51. The fourth-order valence-corrected chi connectivity index (χ4v) is 2.61. The topological polar surface area (TPSA) is 79.2 Å². The van der Waals surface area contributed by atoms with Gasteiger partial charge < -0.3 is 15.7 Å². The molecule has 2 amide bonds. The number of aliphatic hydroxyl groups is 1. The van der Waals surface area contributed by atoms with Crippen LogP contribution < -0.4 is 10.6 Å². The quantitative estimate of drug-likeness (QED) is 0.696. The van der Waals surface area contributed by atoms with E-state index in [0.717, 1.165) is 24.1 Å². The highest BCUT2D eigenvalue weighted by Crippen LogP contribution is 2.12. The molecule has 1 heterocycles. The van der Waals surface area contributed by atoms with Crippen LogP contribution in [-0.2, 0) is 6.54 Å². The lowest BCUT2D eigenvalue weighted by Gasteiger charge is -2.20. The number of nitrogens with one attached hydrogen (secondary N) is 2. The van der Waals surface area contributed by atoms with Crippen molar-refractivity contribution in [3.05, 3.63) is 48.3 Å². The normalized spacial score (nSPS) is 12.2. The Morgan fingerprint density at radius 1 is 1.21 bits per heavy atom. The molecule has 130 valence electrons. The van der Waals surface area contributed by atoms with Crippen LogP contribution in [0.25, 0.3) is 5.69 Å². The highest BCUT2D eigenvalue weighted by Gasteiger charge is 2.16. The first kappa shape index (κ1) is 18.0. The number of aromatic nitrogens is 2. The fourth-order valence-electron chi connectivity index (χ4n) is 2.61. The fraction of sp³-hybridized carbons (Fsp3) is 0.444. The molecule has 6 heteroatoms. The van der Waals surface area contributed by atoms with Crippen LogP contribution in [0, 0.1) is 5.92 Å². The predicted molar refractivity (Wildman–Crippen MR) is 93.9 cm³/mol. The van der Waals surface area contributed by atoms with Crippen molar-refractivity contribution in [2.75, 3.05) is 6.54 Å². The summed E-state index contributed by atoms with van der Waals surface area (Å²) in [5.74, 6) is 0.217. The highest BCUT2D eigenvalue weighted by atomic mass is 16.3. The molecule has 0 bridgehead atoms. The zero-order valence-corrected chi connectivity index (χ0v) is 14.3. The van der Waals surface area contributed by atoms with Crippen molar-refractivity contribution in [2.45, 2.75) is 39.3 Å². The Bertz CT molecular complexity index is 623. The van der Waals surface area contributed by atoms with Gasteiger partial charge in [0.2, 0.25) is 0 Å². The summed E-state index contributed by atoms with van der Waals surface area (Å²) in [5, 5.41) is 19.8. The van der Waals surface area contributed by atoms with Crippen molar-refractivity contribution in [2.24, 2.45) is 5.92 Å². The van der Waals surface area contributed by atoms with Crippen molar-refractivity contribution in [3.63, 3.8) is 0 Å². The number of benzene rings is 1. The average Bonchev–Trinajstić information content (AvgIpc) is 3.09. The lowest BCUT2D eigenvalue weighted by Crippen LogP contribution is -2.41. The number of para-hydroxylation sites is 1. The Balaban J connectivity index is 1.77. The molecule has 2 aromatic rings. The number of hydrogen-bond donors (Lipinski definition) is 3. The summed E-state index contributed by atoms with van der Waals surface area (Å²) in [5.41, 5.74) is 1.89. The van der Waals surface area contributed by atoms with Crippen LogP contribution in [0.1, 0.15) is 32.3 Å². The molecule has 0 spiro atoms. The number of carbonyl (C=O) groups is 1. The summed E-state index contributed by atoms with van der Waals surface area (Å²) in [4.78, 5) is 11.8. The van der Waals surface area contributed by atoms with Crippen molar-refractivity contribution in [1.29, 1.82) is 0 Å². The minimum absolute atomic E-state index is 0.217. The summed E-state index contributed by atoms with van der Waals surface area (Å²) in [6.45, 7) is 4.74. The van der Waals surface area contributed by atoms with Gasteiger partial charge in [-0.05, 0) is 18.1 Å². The molecule has 1 aromatic carbocycles. The van der Waals surface area contributed by atoms with Gasteiger partial charge in [-0.15, -0.1) is 0 Å². The van der Waals surface area contributed by atoms with Gasteiger partial charge in [-0.3, -0.25) is 0 Å². The molecular formula is C18H26N4O2. The average molecular weight is 330 g/mol. The predicted octanol–water partition coefficient (Wildman–Crippen LogP) is 2.47. The van der Waals surface area contributed by atoms with Crippen LogP contribution in [0.2, 0.25) is 0 Å². The van der Waals surface area contributed by atoms with E-state index in [1.807, 2.05) is 50.4 Å². The van der Waals surface area contributed by atoms with Gasteiger partial charge >= 0.3 is 6.03 Å². The number of urea groups is 1. The Morgan fingerprint density at radius 2 is 1.92 bits per heavy atom. The molecule has 6 nitrogen and oxygen atoms in total. The largest absolute Gasteiger partial charge is 0.391 e. The van der Waals surface area contributed by atoms with E-state index in [2.05, 4.69) is 15.7 Å². The molecule has 0 saturated carbocycles. The number of aliphatic hydroxyl groups excluding tert-OH is 1. The minimum atomic E-state index is -0.508. The van der Waals surface area contributed by atoms with Crippen LogP contribution in [-0.4, -0.2) is 33.6 Å². The summed E-state index contributed by atoms with van der Waals surface area (Å²) in [6.07, 6.45) is 4.91. The second kappa shape index (κ2) is 9.08. The molecule has 0 aliphatic rings. The zero-order chi connectivity index (χ0) is 17.4. The number of rotatable bonds is 8. The van der Waals surface area contributed by atoms with E-state index < -0.39 is 6.10 Å². The van der Waals surface area contributed by atoms with Crippen molar-refractivity contribution < 1.29 is 9.90 Å². The molecule has 2 rings (SSSR count). The third-order valence-corrected chi connectivity index (χ3v) is 4.17. The van der Waals surface area contributed by atoms with Crippen LogP contribution >= 0.6 is 0 Å². The lowest BCUT2D eigenvalue weighted by molar-refractivity contribution is 0.103. The molecule has 0 aliphatic carbocycles. The van der Waals surface area contributed by atoms with Crippen LogP contribution in [0.15, 0.2) is 42.7 Å². The second-order valence-electron chi connectivity index (χ2n) is 5.84. The van der Waals surface area contributed by atoms with Crippen LogP contribution in [0.3, 0.4) is 0 Å². The SMILES string of the molecule is CCC(CC)C(O)CNC(=O)NCc1cnn(-c2ccccc2)c1. The summed E-state index contributed by atoms with van der Waals surface area (Å²) < 4.78 is 1.77. The summed E-state index contributed by atoms with van der Waals surface area (Å²) in [7, 11) is 0. The first-order valence-corrected chi connectivity index (χ1v) is 8.42. The number of amides is 2. The molecule has 0 aliphatic heterocycles. The van der Waals surface area contributed by atoms with E-state index in [-0.39, 0.29) is 18.5 Å². The first-order chi connectivity index (χ1) is 11.6. The van der Waals surface area contributed by atoms with Crippen molar-refractivity contribution >= 4 is 6.03 Å². The third-order valence-electron chi connectivity index (χ3n) is 4.17. The van der Waals surface area contributed by atoms with E-state index in [1.165, 1.54) is 0 Å². The van der Waals surface area contributed by atoms with Gasteiger partial charge in [-0.1, -0.05) is 44.9 Å². The van der Waals surface area contributed by atoms with Crippen LogP contribution in [0.4, 0.5) is 4.79 Å². The summed E-state index contributed by atoms with van der Waals surface area (Å²) >= 11 is 0. The molecule has 0 saturated heterocycles. The van der Waals surface area contributed by atoms with Gasteiger partial charge in [0, 0.05) is 24.8 Å². The maximum Gasteiger partial charge on any atom is 0.315 e. The van der Waals surface area contributed by atoms with E-state index in [1.54, 1.807) is 10.9 Å². The van der Waals surface area contributed by atoms with E-state index in [9.17, 15) is 9.90 Å². The lowest BCUT2D eigenvalue weighted by atomic mass is 9.97. The smallest absolute Gasteiger partial charge is 0.315 e. The monoisotopic (exact) mass is 330 g/mol. The number of nitrogens with zero attached hydrogens (tertiary/aromatic N) is 2. The molecule has 1 unspecified atom stereocenters. The second-order valence-corrected chi connectivity index (χ2v) is 5.84. The molecule has 0 fully saturated rings. The zero-order valence-electron chi connectivity index (χ0n) is 14.3. The van der Waals surface area contributed by atoms with E-state index >= 15 is 0 Å². The highest BCUT2D eigenvalue weighted by molar-refractivity contribution is 5.73. The van der Waals surface area contributed by atoms with Gasteiger partial charge in [-0.25, -0.2) is 9.48 Å². The van der Waals surface area contributed by atoms with Crippen molar-refractivity contribution in [1.82, 2.24) is 20.4 Å². The first-order valence-electron chi connectivity index (χ1n) is 8.42. The van der Waals surface area contributed by atoms with E-state index in [4.69, 9.17) is 0 Å². The molecule has 24 heavy (non-hydrogen) atoms. The molecule has 1 atom stereocenters. The Kier molecular flexibility index (Phi) is 6.81. The minimum Gasteiger partial charge on any atom is -0.391 e. The number of hydrogen-bond acceptors (Lipinski definition) is 3. The maximum absolute atomic E-state index is 11.8. The molecular weight excluding hydrogens is 304 g/mol. The van der Waals surface area contributed by atoms with Gasteiger partial charge in [0.05, 0.1) is 18.0 Å². The van der Waals surface area contributed by atoms with Gasteiger partial charge in [-0.2, -0.15) is 5.10 Å². The standard InChI is InChI=1S/C18H26N4O2/c1-3-15(4-2)17(23)12-20-18(24)19-10-14-11-21-22(13-14)16-8-6-5-7-9-16/h5-9,11,13,15,17,23H,3-4,10,12H2,1-2H3,(H2,19,20,24). The molecule has 3 N–H and O–H groups in total. The van der Waals surface area contributed by atoms with Gasteiger partial charge in [0.1, 0.15) is 0 Å². The third kappa shape index (κ3) is 5.09. The van der Waals surface area contributed by atoms with Crippen molar-refractivity contribution in [3.8, 4) is 5.69 Å². The van der Waals surface area contributed by atoms with Gasteiger partial charge in [0.25, 0.3) is 0 Å². The molecule has 1 aromatic heterocycles. The van der Waals surface area contributed by atoms with Gasteiger partial charge in [0.15, 0.2) is 0 Å². The Labute approximate surface area is 142 Å². The van der Waals surface area contributed by atoms with Crippen LogP contribution in [0.5, 0.6) is 0 Å². The number of carbonyl (C=O) groups excluding carboxylic acids is 1. The van der Waals surface area contributed by atoms with E-state index in [0.29, 0.717) is 6.54 Å².